The van der Waals surface area contributed by atoms with Crippen LogP contribution in [0.15, 0.2) is 55.6 Å². The van der Waals surface area contributed by atoms with E-state index in [4.69, 9.17) is 13.6 Å². The van der Waals surface area contributed by atoms with Crippen molar-refractivity contribution in [2.24, 2.45) is 0 Å². The second-order valence-corrected chi connectivity index (χ2v) is 6.67. The number of rotatable bonds is 4. The number of hydrogen-bond donors (Lipinski definition) is 0. The standard InChI is InChI=1S/C19H15NO4S/c1-11-8-17(21)24-18-12(2)15(6-5-14(11)18)22-9-13-10-23-19(20-13)16-4-3-7-25-16/h3-8,10H,9H2,1-2H3. The average Bonchev–Trinajstić information content (AvgIpc) is 3.26. The smallest absolute Gasteiger partial charge is 0.336 e. The van der Waals surface area contributed by atoms with Crippen molar-refractivity contribution in [3.63, 3.8) is 0 Å². The highest BCUT2D eigenvalue weighted by molar-refractivity contribution is 7.13. The van der Waals surface area contributed by atoms with Crippen LogP contribution in [0, 0.1) is 13.8 Å². The molecule has 1 aromatic carbocycles. The maximum atomic E-state index is 11.6. The third-order valence-corrected chi connectivity index (χ3v) is 4.84. The lowest BCUT2D eigenvalue weighted by Gasteiger charge is -2.10. The number of nitrogens with zero attached hydrogens (tertiary/aromatic N) is 1. The van der Waals surface area contributed by atoms with Gasteiger partial charge in [-0.2, -0.15) is 0 Å². The van der Waals surface area contributed by atoms with Gasteiger partial charge in [0.05, 0.1) is 4.88 Å². The van der Waals surface area contributed by atoms with Crippen LogP contribution in [-0.4, -0.2) is 4.98 Å². The fraction of sp³-hybridized carbons (Fsp3) is 0.158. The Bertz CT molecular complexity index is 1090. The monoisotopic (exact) mass is 353 g/mol. The van der Waals surface area contributed by atoms with Crippen LogP contribution in [0.4, 0.5) is 0 Å². The molecule has 0 unspecified atom stereocenters. The highest BCUT2D eigenvalue weighted by Gasteiger charge is 2.12. The molecule has 126 valence electrons. The van der Waals surface area contributed by atoms with E-state index in [0.29, 0.717) is 22.9 Å². The molecule has 0 spiro atoms. The molecule has 0 bridgehead atoms. The van der Waals surface area contributed by atoms with E-state index in [0.717, 1.165) is 21.4 Å². The minimum absolute atomic E-state index is 0.275. The number of benzene rings is 1. The van der Waals surface area contributed by atoms with Crippen LogP contribution in [0.3, 0.4) is 0 Å². The summed E-state index contributed by atoms with van der Waals surface area (Å²) in [5.41, 5.74) is 2.58. The van der Waals surface area contributed by atoms with Crippen molar-refractivity contribution in [2.75, 3.05) is 0 Å². The summed E-state index contributed by atoms with van der Waals surface area (Å²) in [6.07, 6.45) is 1.59. The first-order valence-electron chi connectivity index (χ1n) is 7.77. The Kier molecular flexibility index (Phi) is 3.89. The topological polar surface area (TPSA) is 65.5 Å². The van der Waals surface area contributed by atoms with E-state index in [9.17, 15) is 4.79 Å². The molecule has 4 aromatic rings. The first-order valence-corrected chi connectivity index (χ1v) is 8.65. The van der Waals surface area contributed by atoms with Crippen molar-refractivity contribution >= 4 is 22.3 Å². The SMILES string of the molecule is Cc1cc(=O)oc2c(C)c(OCc3coc(-c4cccs4)n3)ccc12. The number of fused-ring (bicyclic) bond motifs is 1. The Morgan fingerprint density at radius 2 is 2.12 bits per heavy atom. The molecule has 3 aromatic heterocycles. The van der Waals surface area contributed by atoms with Crippen LogP contribution < -0.4 is 10.4 Å². The van der Waals surface area contributed by atoms with Gasteiger partial charge >= 0.3 is 5.63 Å². The maximum Gasteiger partial charge on any atom is 0.336 e. The van der Waals surface area contributed by atoms with E-state index in [1.807, 2.05) is 43.5 Å². The summed E-state index contributed by atoms with van der Waals surface area (Å²) < 4.78 is 16.7. The molecule has 0 aliphatic heterocycles. The second-order valence-electron chi connectivity index (χ2n) is 5.72. The third-order valence-electron chi connectivity index (χ3n) is 3.98. The van der Waals surface area contributed by atoms with Gasteiger partial charge in [0.25, 0.3) is 0 Å². The highest BCUT2D eigenvalue weighted by atomic mass is 32.1. The fourth-order valence-corrected chi connectivity index (χ4v) is 3.35. The van der Waals surface area contributed by atoms with Crippen LogP contribution in [0.25, 0.3) is 21.7 Å². The molecule has 0 N–H and O–H groups in total. The molecular formula is C19H15NO4S. The van der Waals surface area contributed by atoms with Crippen molar-refractivity contribution < 1.29 is 13.6 Å². The van der Waals surface area contributed by atoms with Crippen LogP contribution in [0.1, 0.15) is 16.8 Å². The molecule has 3 heterocycles. The summed E-state index contributed by atoms with van der Waals surface area (Å²) in [6.45, 7) is 4.04. The van der Waals surface area contributed by atoms with Gasteiger partial charge in [-0.1, -0.05) is 6.07 Å². The Labute approximate surface area is 147 Å². The second kappa shape index (κ2) is 6.22. The first-order chi connectivity index (χ1) is 12.1. The van der Waals surface area contributed by atoms with Gasteiger partial charge in [0, 0.05) is 17.0 Å². The highest BCUT2D eigenvalue weighted by Crippen LogP contribution is 2.29. The van der Waals surface area contributed by atoms with E-state index < -0.39 is 0 Å². The van der Waals surface area contributed by atoms with Crippen molar-refractivity contribution in [2.45, 2.75) is 20.5 Å². The van der Waals surface area contributed by atoms with Gasteiger partial charge in [-0.3, -0.25) is 0 Å². The summed E-state index contributed by atoms with van der Waals surface area (Å²) in [4.78, 5) is 17.0. The van der Waals surface area contributed by atoms with Gasteiger partial charge in [-0.05, 0) is 43.0 Å². The summed E-state index contributed by atoms with van der Waals surface area (Å²) in [7, 11) is 0. The van der Waals surface area contributed by atoms with Crippen LogP contribution in [-0.2, 0) is 6.61 Å². The summed E-state index contributed by atoms with van der Waals surface area (Å²) in [6, 6.07) is 9.18. The molecule has 0 radical (unpaired) electrons. The Hall–Kier alpha value is -2.86. The average molecular weight is 353 g/mol. The summed E-state index contributed by atoms with van der Waals surface area (Å²) >= 11 is 1.57. The maximum absolute atomic E-state index is 11.6. The molecule has 0 amide bonds. The Morgan fingerprint density at radius 3 is 2.92 bits per heavy atom. The van der Waals surface area contributed by atoms with Crippen LogP contribution in [0.2, 0.25) is 0 Å². The molecule has 0 saturated carbocycles. The van der Waals surface area contributed by atoms with Crippen molar-refractivity contribution in [3.8, 4) is 16.5 Å². The van der Waals surface area contributed by atoms with E-state index >= 15 is 0 Å². The van der Waals surface area contributed by atoms with E-state index in [1.165, 1.54) is 6.07 Å². The lowest BCUT2D eigenvalue weighted by molar-refractivity contribution is 0.299. The molecule has 0 atom stereocenters. The quantitative estimate of drug-likeness (QED) is 0.497. The molecule has 0 fully saturated rings. The van der Waals surface area contributed by atoms with Crippen molar-refractivity contribution in [3.05, 3.63) is 69.2 Å². The molecule has 6 heteroatoms. The van der Waals surface area contributed by atoms with Gasteiger partial charge < -0.3 is 13.6 Å². The normalized spacial score (nSPS) is 11.1. The molecule has 4 rings (SSSR count). The minimum Gasteiger partial charge on any atom is -0.487 e. The van der Waals surface area contributed by atoms with E-state index in [2.05, 4.69) is 4.98 Å². The van der Waals surface area contributed by atoms with E-state index in [-0.39, 0.29) is 12.2 Å². The zero-order chi connectivity index (χ0) is 17.4. The van der Waals surface area contributed by atoms with E-state index in [1.54, 1.807) is 17.6 Å². The van der Waals surface area contributed by atoms with Gasteiger partial charge in [-0.25, -0.2) is 9.78 Å². The summed E-state index contributed by atoms with van der Waals surface area (Å²) in [5.74, 6) is 1.24. The van der Waals surface area contributed by atoms with Gasteiger partial charge in [0.2, 0.25) is 5.89 Å². The first kappa shape index (κ1) is 15.7. The van der Waals surface area contributed by atoms with Crippen molar-refractivity contribution in [1.29, 1.82) is 0 Å². The number of oxazole rings is 1. The molecule has 0 aliphatic rings. The number of hydrogen-bond acceptors (Lipinski definition) is 6. The zero-order valence-electron chi connectivity index (χ0n) is 13.7. The molecule has 0 saturated heterocycles. The zero-order valence-corrected chi connectivity index (χ0v) is 14.6. The van der Waals surface area contributed by atoms with Gasteiger partial charge in [0.15, 0.2) is 0 Å². The molecular weight excluding hydrogens is 338 g/mol. The lowest BCUT2D eigenvalue weighted by Crippen LogP contribution is -2.01. The van der Waals surface area contributed by atoms with Gasteiger partial charge in [-0.15, -0.1) is 11.3 Å². The number of ether oxygens (including phenoxy) is 1. The van der Waals surface area contributed by atoms with Crippen LogP contribution >= 0.6 is 11.3 Å². The molecule has 5 nitrogen and oxygen atoms in total. The largest absolute Gasteiger partial charge is 0.487 e. The number of thiophene rings is 1. The molecule has 0 aliphatic carbocycles. The lowest BCUT2D eigenvalue weighted by atomic mass is 10.1. The van der Waals surface area contributed by atoms with Crippen LogP contribution in [0.5, 0.6) is 5.75 Å². The third kappa shape index (κ3) is 2.96. The van der Waals surface area contributed by atoms with Gasteiger partial charge in [0.1, 0.15) is 29.9 Å². The minimum atomic E-state index is -0.359. The predicted molar refractivity (Wildman–Crippen MR) is 96.1 cm³/mol. The number of aryl methyl sites for hydroxylation is 2. The Morgan fingerprint density at radius 1 is 1.24 bits per heavy atom. The Balaban J connectivity index is 1.59. The molecule has 25 heavy (non-hydrogen) atoms. The predicted octanol–water partition coefficient (Wildman–Crippen LogP) is 4.71. The van der Waals surface area contributed by atoms with Crippen molar-refractivity contribution in [1.82, 2.24) is 4.98 Å². The fourth-order valence-electron chi connectivity index (χ4n) is 2.69. The summed E-state index contributed by atoms with van der Waals surface area (Å²) in [5, 5.41) is 2.88. The number of aromatic nitrogens is 1.